The lowest BCUT2D eigenvalue weighted by atomic mass is 10.2. The summed E-state index contributed by atoms with van der Waals surface area (Å²) in [6.07, 6.45) is 5.06. The highest BCUT2D eigenvalue weighted by Gasteiger charge is 2.06. The summed E-state index contributed by atoms with van der Waals surface area (Å²) in [5.74, 6) is 1.10. The maximum Gasteiger partial charge on any atom is 0.105 e. The molecule has 0 amide bonds. The summed E-state index contributed by atoms with van der Waals surface area (Å²) in [4.78, 5) is 4.22. The van der Waals surface area contributed by atoms with Gasteiger partial charge in [0.25, 0.3) is 0 Å². The monoisotopic (exact) mass is 195 g/mol. The van der Waals surface area contributed by atoms with Crippen LogP contribution < -0.4 is 5.32 Å². The Bertz CT molecular complexity index is 265. The molecule has 3 heteroatoms. The minimum Gasteiger partial charge on any atom is -0.332 e. The molecule has 0 saturated carbocycles. The van der Waals surface area contributed by atoms with Gasteiger partial charge in [-0.1, -0.05) is 13.8 Å². The molecule has 14 heavy (non-hydrogen) atoms. The minimum absolute atomic E-state index is 0.531. The molecule has 1 unspecified atom stereocenters. The lowest BCUT2D eigenvalue weighted by Gasteiger charge is -2.16. The van der Waals surface area contributed by atoms with Crippen molar-refractivity contribution < 1.29 is 0 Å². The van der Waals surface area contributed by atoms with Crippen LogP contribution in [-0.4, -0.2) is 22.1 Å². The lowest BCUT2D eigenvalue weighted by molar-refractivity contribution is 0.458. The van der Waals surface area contributed by atoms with Crippen LogP contribution in [0.5, 0.6) is 0 Å². The Labute approximate surface area is 86.5 Å². The van der Waals surface area contributed by atoms with E-state index in [0.717, 1.165) is 18.8 Å². The van der Waals surface area contributed by atoms with Gasteiger partial charge in [0.1, 0.15) is 5.82 Å². The number of aromatic nitrogens is 2. The average Bonchev–Trinajstić information content (AvgIpc) is 2.50. The van der Waals surface area contributed by atoms with Gasteiger partial charge in [-0.2, -0.15) is 0 Å². The number of hydrogen-bond donors (Lipinski definition) is 1. The SMILES string of the molecule is Cc1nccn1C(C)CCNC(C)C. The third-order valence-electron chi connectivity index (χ3n) is 2.45. The summed E-state index contributed by atoms with van der Waals surface area (Å²) >= 11 is 0. The van der Waals surface area contributed by atoms with Gasteiger partial charge < -0.3 is 9.88 Å². The smallest absolute Gasteiger partial charge is 0.105 e. The van der Waals surface area contributed by atoms with Gasteiger partial charge in [-0.25, -0.2) is 4.98 Å². The lowest BCUT2D eigenvalue weighted by Crippen LogP contribution is -2.25. The normalized spacial score (nSPS) is 13.5. The van der Waals surface area contributed by atoms with Crippen LogP contribution in [0.3, 0.4) is 0 Å². The number of rotatable bonds is 5. The van der Waals surface area contributed by atoms with Gasteiger partial charge in [-0.05, 0) is 26.8 Å². The van der Waals surface area contributed by atoms with Crippen LogP contribution in [0.15, 0.2) is 12.4 Å². The van der Waals surface area contributed by atoms with Crippen LogP contribution in [0.25, 0.3) is 0 Å². The summed E-state index contributed by atoms with van der Waals surface area (Å²) in [5.41, 5.74) is 0. The molecule has 0 saturated heterocycles. The van der Waals surface area contributed by atoms with Crippen molar-refractivity contribution in [3.05, 3.63) is 18.2 Å². The second-order valence-electron chi connectivity index (χ2n) is 4.13. The third kappa shape index (κ3) is 3.14. The fraction of sp³-hybridized carbons (Fsp3) is 0.727. The Morgan fingerprint density at radius 1 is 1.43 bits per heavy atom. The van der Waals surface area contributed by atoms with Gasteiger partial charge in [0.15, 0.2) is 0 Å². The molecule has 1 atom stereocenters. The van der Waals surface area contributed by atoms with Gasteiger partial charge in [-0.15, -0.1) is 0 Å². The van der Waals surface area contributed by atoms with E-state index in [4.69, 9.17) is 0 Å². The Morgan fingerprint density at radius 2 is 2.14 bits per heavy atom. The van der Waals surface area contributed by atoms with E-state index in [9.17, 15) is 0 Å². The van der Waals surface area contributed by atoms with Crippen molar-refractivity contribution in [1.82, 2.24) is 14.9 Å². The van der Waals surface area contributed by atoms with Gasteiger partial charge in [0, 0.05) is 24.5 Å². The second kappa shape index (κ2) is 5.15. The number of imidazole rings is 1. The van der Waals surface area contributed by atoms with Crippen molar-refractivity contribution in [2.45, 2.75) is 46.2 Å². The van der Waals surface area contributed by atoms with Gasteiger partial charge >= 0.3 is 0 Å². The van der Waals surface area contributed by atoms with Crippen molar-refractivity contribution >= 4 is 0 Å². The predicted molar refractivity (Wildman–Crippen MR) is 59.4 cm³/mol. The van der Waals surface area contributed by atoms with Crippen molar-refractivity contribution in [2.75, 3.05) is 6.54 Å². The average molecular weight is 195 g/mol. The van der Waals surface area contributed by atoms with E-state index in [0.29, 0.717) is 12.1 Å². The maximum absolute atomic E-state index is 4.22. The molecule has 1 rings (SSSR count). The quantitative estimate of drug-likeness (QED) is 0.780. The molecule has 1 aromatic rings. The molecule has 0 bridgehead atoms. The van der Waals surface area contributed by atoms with Crippen LogP contribution in [0.2, 0.25) is 0 Å². The molecule has 80 valence electrons. The minimum atomic E-state index is 0.531. The highest BCUT2D eigenvalue weighted by molar-refractivity contribution is 4.91. The van der Waals surface area contributed by atoms with Crippen LogP contribution in [-0.2, 0) is 0 Å². The van der Waals surface area contributed by atoms with Gasteiger partial charge in [-0.3, -0.25) is 0 Å². The molecule has 0 fully saturated rings. The fourth-order valence-corrected chi connectivity index (χ4v) is 1.57. The number of nitrogens with one attached hydrogen (secondary N) is 1. The predicted octanol–water partition coefficient (Wildman–Crippen LogP) is 2.14. The first kappa shape index (κ1) is 11.2. The van der Waals surface area contributed by atoms with E-state index in [-0.39, 0.29) is 0 Å². The summed E-state index contributed by atoms with van der Waals surface area (Å²) in [6.45, 7) is 9.69. The summed E-state index contributed by atoms with van der Waals surface area (Å²) < 4.78 is 2.22. The molecule has 0 aliphatic rings. The Morgan fingerprint density at radius 3 is 2.64 bits per heavy atom. The van der Waals surface area contributed by atoms with E-state index in [2.05, 4.69) is 41.8 Å². The van der Waals surface area contributed by atoms with Crippen molar-refractivity contribution in [3.63, 3.8) is 0 Å². The molecular weight excluding hydrogens is 174 g/mol. The molecule has 3 nitrogen and oxygen atoms in total. The highest BCUT2D eigenvalue weighted by atomic mass is 15.1. The first-order valence-electron chi connectivity index (χ1n) is 5.34. The maximum atomic E-state index is 4.22. The van der Waals surface area contributed by atoms with Crippen LogP contribution in [0.1, 0.15) is 39.1 Å². The van der Waals surface area contributed by atoms with Crippen LogP contribution in [0, 0.1) is 6.92 Å². The van der Waals surface area contributed by atoms with Crippen molar-refractivity contribution in [2.24, 2.45) is 0 Å². The highest BCUT2D eigenvalue weighted by Crippen LogP contribution is 2.11. The number of aryl methyl sites for hydroxylation is 1. The molecule has 0 spiro atoms. The first-order valence-corrected chi connectivity index (χ1v) is 5.34. The van der Waals surface area contributed by atoms with E-state index in [1.54, 1.807) is 0 Å². The Balaban J connectivity index is 2.36. The molecule has 0 aliphatic heterocycles. The van der Waals surface area contributed by atoms with Crippen LogP contribution in [0.4, 0.5) is 0 Å². The van der Waals surface area contributed by atoms with E-state index < -0.39 is 0 Å². The summed E-state index contributed by atoms with van der Waals surface area (Å²) in [7, 11) is 0. The zero-order valence-corrected chi connectivity index (χ0v) is 9.62. The standard InChI is InChI=1S/C11H21N3/c1-9(2)12-6-5-10(3)14-8-7-13-11(14)4/h7-10,12H,5-6H2,1-4H3. The summed E-state index contributed by atoms with van der Waals surface area (Å²) in [5, 5.41) is 3.42. The number of hydrogen-bond acceptors (Lipinski definition) is 2. The molecule has 1 heterocycles. The topological polar surface area (TPSA) is 29.9 Å². The van der Waals surface area contributed by atoms with Gasteiger partial charge in [0.2, 0.25) is 0 Å². The zero-order valence-electron chi connectivity index (χ0n) is 9.62. The zero-order chi connectivity index (χ0) is 10.6. The molecule has 0 radical (unpaired) electrons. The van der Waals surface area contributed by atoms with E-state index >= 15 is 0 Å². The fourth-order valence-electron chi connectivity index (χ4n) is 1.57. The third-order valence-corrected chi connectivity index (χ3v) is 2.45. The van der Waals surface area contributed by atoms with E-state index in [1.807, 2.05) is 13.1 Å². The number of nitrogens with zero attached hydrogens (tertiary/aromatic N) is 2. The Hall–Kier alpha value is -0.830. The molecule has 0 aliphatic carbocycles. The molecule has 1 aromatic heterocycles. The van der Waals surface area contributed by atoms with Gasteiger partial charge in [0.05, 0.1) is 0 Å². The molecule has 0 aromatic carbocycles. The van der Waals surface area contributed by atoms with Crippen molar-refractivity contribution in [3.8, 4) is 0 Å². The van der Waals surface area contributed by atoms with Crippen LogP contribution >= 0.6 is 0 Å². The van der Waals surface area contributed by atoms with Crippen molar-refractivity contribution in [1.29, 1.82) is 0 Å². The Kier molecular flexibility index (Phi) is 4.14. The second-order valence-corrected chi connectivity index (χ2v) is 4.13. The molecular formula is C11H21N3. The largest absolute Gasteiger partial charge is 0.332 e. The molecule has 1 N–H and O–H groups in total. The summed E-state index contributed by atoms with van der Waals surface area (Å²) in [6, 6.07) is 1.11. The first-order chi connectivity index (χ1) is 6.61. The van der Waals surface area contributed by atoms with E-state index in [1.165, 1.54) is 0 Å².